The molecule has 0 heterocycles. The summed E-state index contributed by atoms with van der Waals surface area (Å²) in [5.74, 6) is -0.669. The maximum absolute atomic E-state index is 13.3. The molecule has 0 fully saturated rings. The minimum atomic E-state index is -4.80. The standard InChI is InChI=1S/C21H24ClF3N2O4S/c1-15(2)31-12-6-11-26-20(28)14-27(32(29,30)17-7-4-3-5-8-17)16-9-10-19(22)18(13-16)21(23,24)25/h3-5,7-10,13,15H,6,11-12,14H2,1-2H3,(H,26,28). The number of amides is 1. The molecule has 0 aromatic heterocycles. The van der Waals surface area contributed by atoms with Gasteiger partial charge in [0, 0.05) is 13.2 Å². The summed E-state index contributed by atoms with van der Waals surface area (Å²) in [6, 6.07) is 9.84. The zero-order valence-electron chi connectivity index (χ0n) is 17.5. The summed E-state index contributed by atoms with van der Waals surface area (Å²) in [5, 5.41) is 1.99. The Morgan fingerprint density at radius 3 is 2.41 bits per heavy atom. The van der Waals surface area contributed by atoms with Gasteiger partial charge in [-0.1, -0.05) is 29.8 Å². The summed E-state index contributed by atoms with van der Waals surface area (Å²) >= 11 is 5.66. The first-order chi connectivity index (χ1) is 14.9. The summed E-state index contributed by atoms with van der Waals surface area (Å²) in [6.07, 6.45) is -4.27. The maximum Gasteiger partial charge on any atom is 0.417 e. The smallest absolute Gasteiger partial charge is 0.379 e. The minimum Gasteiger partial charge on any atom is -0.379 e. The van der Waals surface area contributed by atoms with Gasteiger partial charge < -0.3 is 10.1 Å². The summed E-state index contributed by atoms with van der Waals surface area (Å²) in [6.45, 7) is 3.65. The molecular weight excluding hydrogens is 469 g/mol. The molecular formula is C21H24ClF3N2O4S. The molecule has 32 heavy (non-hydrogen) atoms. The van der Waals surface area contributed by atoms with Gasteiger partial charge in [0.25, 0.3) is 10.0 Å². The molecule has 176 valence electrons. The number of carbonyl (C=O) groups excluding carboxylic acids is 1. The van der Waals surface area contributed by atoms with Gasteiger partial charge in [-0.25, -0.2) is 8.42 Å². The summed E-state index contributed by atoms with van der Waals surface area (Å²) in [4.78, 5) is 12.3. The van der Waals surface area contributed by atoms with Crippen molar-refractivity contribution in [1.29, 1.82) is 0 Å². The van der Waals surface area contributed by atoms with E-state index in [2.05, 4.69) is 5.32 Å². The predicted octanol–water partition coefficient (Wildman–Crippen LogP) is 4.49. The van der Waals surface area contributed by atoms with Crippen molar-refractivity contribution in [3.05, 3.63) is 59.1 Å². The Balaban J connectivity index is 2.32. The fraction of sp³-hybridized carbons (Fsp3) is 0.381. The topological polar surface area (TPSA) is 75.7 Å². The van der Waals surface area contributed by atoms with Crippen molar-refractivity contribution in [2.45, 2.75) is 37.4 Å². The fourth-order valence-corrected chi connectivity index (χ4v) is 4.38. The number of nitrogens with one attached hydrogen (secondary N) is 1. The third kappa shape index (κ3) is 7.11. The number of benzene rings is 2. The monoisotopic (exact) mass is 492 g/mol. The molecule has 6 nitrogen and oxygen atoms in total. The Hall–Kier alpha value is -2.30. The maximum atomic E-state index is 13.3. The number of hydrogen-bond acceptors (Lipinski definition) is 4. The summed E-state index contributed by atoms with van der Waals surface area (Å²) in [5.41, 5.74) is -1.53. The molecule has 1 N–H and O–H groups in total. The lowest BCUT2D eigenvalue weighted by Crippen LogP contribution is -2.41. The molecule has 0 radical (unpaired) electrons. The van der Waals surface area contributed by atoms with E-state index in [1.807, 2.05) is 13.8 Å². The molecule has 0 spiro atoms. The van der Waals surface area contributed by atoms with Crippen molar-refractivity contribution < 1.29 is 31.1 Å². The van der Waals surface area contributed by atoms with Crippen LogP contribution in [0.15, 0.2) is 53.4 Å². The number of anilines is 1. The molecule has 0 atom stereocenters. The van der Waals surface area contributed by atoms with E-state index < -0.39 is 39.2 Å². The second-order valence-electron chi connectivity index (χ2n) is 7.11. The average Bonchev–Trinajstić information content (AvgIpc) is 2.72. The third-order valence-electron chi connectivity index (χ3n) is 4.26. The molecule has 2 aromatic rings. The highest BCUT2D eigenvalue weighted by Gasteiger charge is 2.35. The van der Waals surface area contributed by atoms with E-state index in [0.29, 0.717) is 23.4 Å². The Kier molecular flexibility index (Phi) is 8.94. The Morgan fingerprint density at radius 1 is 1.16 bits per heavy atom. The van der Waals surface area contributed by atoms with Crippen LogP contribution in [0.5, 0.6) is 0 Å². The lowest BCUT2D eigenvalue weighted by Gasteiger charge is -2.25. The van der Waals surface area contributed by atoms with Crippen LogP contribution in [0.3, 0.4) is 0 Å². The van der Waals surface area contributed by atoms with Gasteiger partial charge >= 0.3 is 6.18 Å². The highest BCUT2D eigenvalue weighted by molar-refractivity contribution is 7.92. The average molecular weight is 493 g/mol. The van der Waals surface area contributed by atoms with Crippen LogP contribution in [0, 0.1) is 0 Å². The van der Waals surface area contributed by atoms with E-state index in [1.54, 1.807) is 6.07 Å². The number of sulfonamides is 1. The first-order valence-electron chi connectivity index (χ1n) is 9.75. The lowest BCUT2D eigenvalue weighted by atomic mass is 10.2. The van der Waals surface area contributed by atoms with Crippen molar-refractivity contribution in [2.75, 3.05) is 24.0 Å². The van der Waals surface area contributed by atoms with Crippen LogP contribution in [0.4, 0.5) is 18.9 Å². The molecule has 0 aliphatic carbocycles. The van der Waals surface area contributed by atoms with Crippen molar-refractivity contribution in [2.24, 2.45) is 0 Å². The largest absolute Gasteiger partial charge is 0.417 e. The zero-order chi connectivity index (χ0) is 23.9. The minimum absolute atomic E-state index is 0.0324. The van der Waals surface area contributed by atoms with Gasteiger partial charge in [-0.15, -0.1) is 0 Å². The SMILES string of the molecule is CC(C)OCCCNC(=O)CN(c1ccc(Cl)c(C(F)(F)F)c1)S(=O)(=O)c1ccccc1. The first-order valence-corrected chi connectivity index (χ1v) is 11.6. The van der Waals surface area contributed by atoms with Crippen molar-refractivity contribution >= 4 is 33.2 Å². The molecule has 0 bridgehead atoms. The van der Waals surface area contributed by atoms with E-state index in [4.69, 9.17) is 16.3 Å². The molecule has 0 saturated carbocycles. The number of rotatable bonds is 10. The third-order valence-corrected chi connectivity index (χ3v) is 6.37. The van der Waals surface area contributed by atoms with E-state index in [9.17, 15) is 26.4 Å². The highest BCUT2D eigenvalue weighted by Crippen LogP contribution is 2.37. The van der Waals surface area contributed by atoms with Crippen molar-refractivity contribution in [3.8, 4) is 0 Å². The Morgan fingerprint density at radius 2 is 1.81 bits per heavy atom. The van der Waals surface area contributed by atoms with Crippen LogP contribution in [0.2, 0.25) is 5.02 Å². The number of hydrogen-bond donors (Lipinski definition) is 1. The molecule has 0 unspecified atom stereocenters. The van der Waals surface area contributed by atoms with Gasteiger partial charge in [-0.2, -0.15) is 13.2 Å². The normalized spacial score (nSPS) is 12.1. The number of ether oxygens (including phenoxy) is 1. The molecule has 0 aliphatic heterocycles. The predicted molar refractivity (Wildman–Crippen MR) is 116 cm³/mol. The molecule has 0 aliphatic rings. The van der Waals surface area contributed by atoms with Gasteiger partial charge in [-0.05, 0) is 50.6 Å². The van der Waals surface area contributed by atoms with Crippen LogP contribution < -0.4 is 9.62 Å². The summed E-state index contributed by atoms with van der Waals surface area (Å²) < 4.78 is 72.3. The molecule has 2 rings (SSSR count). The van der Waals surface area contributed by atoms with Crippen molar-refractivity contribution in [3.63, 3.8) is 0 Å². The Bertz CT molecular complexity index is 1020. The van der Waals surface area contributed by atoms with E-state index in [-0.39, 0.29) is 23.2 Å². The molecule has 1 amide bonds. The fourth-order valence-electron chi connectivity index (χ4n) is 2.73. The number of alkyl halides is 3. The van der Waals surface area contributed by atoms with Gasteiger partial charge in [0.15, 0.2) is 0 Å². The van der Waals surface area contributed by atoms with Gasteiger partial charge in [0.2, 0.25) is 5.91 Å². The molecule has 2 aromatic carbocycles. The van der Waals surface area contributed by atoms with Crippen LogP contribution in [-0.4, -0.2) is 40.1 Å². The molecule has 0 saturated heterocycles. The number of nitrogens with zero attached hydrogens (tertiary/aromatic N) is 1. The second-order valence-corrected chi connectivity index (χ2v) is 9.38. The second kappa shape index (κ2) is 11.0. The van der Waals surface area contributed by atoms with Crippen LogP contribution in [-0.2, 0) is 25.7 Å². The quantitative estimate of drug-likeness (QED) is 0.496. The Labute approximate surface area is 190 Å². The lowest BCUT2D eigenvalue weighted by molar-refractivity contribution is -0.137. The van der Waals surface area contributed by atoms with Gasteiger partial charge in [0.1, 0.15) is 6.54 Å². The van der Waals surface area contributed by atoms with E-state index in [1.165, 1.54) is 24.3 Å². The van der Waals surface area contributed by atoms with E-state index >= 15 is 0 Å². The number of halogens is 4. The highest BCUT2D eigenvalue weighted by atomic mass is 35.5. The van der Waals surface area contributed by atoms with Crippen LogP contribution in [0.25, 0.3) is 0 Å². The van der Waals surface area contributed by atoms with Crippen LogP contribution in [0.1, 0.15) is 25.8 Å². The van der Waals surface area contributed by atoms with Gasteiger partial charge in [-0.3, -0.25) is 9.10 Å². The molecule has 11 heteroatoms. The zero-order valence-corrected chi connectivity index (χ0v) is 19.1. The van der Waals surface area contributed by atoms with E-state index in [0.717, 1.165) is 12.1 Å². The number of carbonyl (C=O) groups is 1. The van der Waals surface area contributed by atoms with Crippen molar-refractivity contribution in [1.82, 2.24) is 5.32 Å². The van der Waals surface area contributed by atoms with Gasteiger partial charge in [0.05, 0.1) is 27.3 Å². The first kappa shape index (κ1) is 26.0. The van der Waals surface area contributed by atoms with Crippen LogP contribution >= 0.6 is 11.6 Å². The summed E-state index contributed by atoms with van der Waals surface area (Å²) in [7, 11) is -4.33.